The number of amides is 2. The van der Waals surface area contributed by atoms with Crippen LogP contribution < -0.4 is 10.6 Å². The van der Waals surface area contributed by atoms with Crippen molar-refractivity contribution >= 4 is 29.3 Å². The molecule has 0 aliphatic rings. The number of hydrogen-bond donors (Lipinski definition) is 2. The van der Waals surface area contributed by atoms with Crippen LogP contribution in [-0.4, -0.2) is 25.7 Å². The Labute approximate surface area is 119 Å². The number of carbonyl (C=O) groups excluding carboxylic acids is 2. The van der Waals surface area contributed by atoms with Crippen molar-refractivity contribution in [2.45, 2.75) is 6.92 Å². The highest BCUT2D eigenvalue weighted by Crippen LogP contribution is 2.24. The highest BCUT2D eigenvalue weighted by Gasteiger charge is 2.15. The minimum absolute atomic E-state index is 0.0276. The third-order valence-corrected chi connectivity index (χ3v) is 2.74. The third kappa shape index (κ3) is 4.34. The molecular formula is C12H13ClF2N2O3. The van der Waals surface area contributed by atoms with E-state index in [1.165, 1.54) is 7.11 Å². The van der Waals surface area contributed by atoms with Crippen molar-refractivity contribution in [2.75, 3.05) is 19.0 Å². The van der Waals surface area contributed by atoms with E-state index < -0.39 is 29.6 Å². The van der Waals surface area contributed by atoms with Crippen LogP contribution in [0.3, 0.4) is 0 Å². The molecule has 0 radical (unpaired) electrons. The van der Waals surface area contributed by atoms with Gasteiger partial charge in [-0.2, -0.15) is 0 Å². The molecule has 0 fully saturated rings. The number of halogens is 3. The molecule has 1 rings (SSSR count). The predicted octanol–water partition coefficient (Wildman–Crippen LogP) is 2.55. The fraction of sp³-hybridized carbons (Fsp3) is 0.333. The largest absolute Gasteiger partial charge is 0.469 e. The minimum Gasteiger partial charge on any atom is -0.469 e. The molecule has 8 heteroatoms. The quantitative estimate of drug-likeness (QED) is 0.663. The molecule has 2 amide bonds. The van der Waals surface area contributed by atoms with Crippen LogP contribution in [0.15, 0.2) is 12.1 Å². The van der Waals surface area contributed by atoms with E-state index in [2.05, 4.69) is 15.4 Å². The Morgan fingerprint density at radius 1 is 1.35 bits per heavy atom. The number of ether oxygens (including phenoxy) is 1. The molecule has 0 spiro atoms. The summed E-state index contributed by atoms with van der Waals surface area (Å²) in [7, 11) is 1.24. The minimum atomic E-state index is -1.13. The van der Waals surface area contributed by atoms with Gasteiger partial charge in [0.2, 0.25) is 0 Å². The van der Waals surface area contributed by atoms with E-state index in [4.69, 9.17) is 11.6 Å². The van der Waals surface area contributed by atoms with Crippen molar-refractivity contribution in [3.05, 3.63) is 28.8 Å². The van der Waals surface area contributed by atoms with Gasteiger partial charge in [0.1, 0.15) is 0 Å². The monoisotopic (exact) mass is 306 g/mol. The fourth-order valence-electron chi connectivity index (χ4n) is 1.32. The van der Waals surface area contributed by atoms with Crippen molar-refractivity contribution in [3.8, 4) is 0 Å². The summed E-state index contributed by atoms with van der Waals surface area (Å²) in [6, 6.07) is 0.818. The van der Waals surface area contributed by atoms with E-state index in [0.717, 1.165) is 12.1 Å². The summed E-state index contributed by atoms with van der Waals surface area (Å²) >= 11 is 5.66. The molecule has 1 atom stereocenters. The Kier molecular flexibility index (Phi) is 5.69. The summed E-state index contributed by atoms with van der Waals surface area (Å²) in [6.07, 6.45) is 0. The summed E-state index contributed by atoms with van der Waals surface area (Å²) in [6.45, 7) is 1.59. The molecule has 0 saturated carbocycles. The average molecular weight is 307 g/mol. The van der Waals surface area contributed by atoms with Crippen molar-refractivity contribution in [1.29, 1.82) is 0 Å². The standard InChI is InChI=1S/C12H13ClF2N2O3/c1-6(11(18)20-2)5-16-12(19)17-10-4-9(15)8(14)3-7(10)13/h3-4,6H,5H2,1-2H3,(H2,16,17,19)/t6-/m1/s1. The Hall–Kier alpha value is -1.89. The van der Waals surface area contributed by atoms with Crippen LogP contribution in [0.2, 0.25) is 5.02 Å². The van der Waals surface area contributed by atoms with E-state index in [-0.39, 0.29) is 17.3 Å². The molecule has 110 valence electrons. The van der Waals surface area contributed by atoms with E-state index in [0.29, 0.717) is 0 Å². The van der Waals surface area contributed by atoms with Gasteiger partial charge >= 0.3 is 12.0 Å². The van der Waals surface area contributed by atoms with Crippen LogP contribution in [0.4, 0.5) is 19.3 Å². The van der Waals surface area contributed by atoms with E-state index in [1.807, 2.05) is 0 Å². The molecule has 20 heavy (non-hydrogen) atoms. The van der Waals surface area contributed by atoms with Crippen LogP contribution >= 0.6 is 11.6 Å². The SMILES string of the molecule is COC(=O)[C@H](C)CNC(=O)Nc1cc(F)c(F)cc1Cl. The van der Waals surface area contributed by atoms with Crippen LogP contribution in [0.1, 0.15) is 6.92 Å². The van der Waals surface area contributed by atoms with Gasteiger partial charge in [-0.3, -0.25) is 4.79 Å². The lowest BCUT2D eigenvalue weighted by Gasteiger charge is -2.12. The highest BCUT2D eigenvalue weighted by molar-refractivity contribution is 6.33. The third-order valence-electron chi connectivity index (χ3n) is 2.43. The van der Waals surface area contributed by atoms with Gasteiger partial charge in [0.25, 0.3) is 0 Å². The summed E-state index contributed by atoms with van der Waals surface area (Å²) in [5, 5.41) is 4.49. The average Bonchev–Trinajstić information content (AvgIpc) is 2.41. The Morgan fingerprint density at radius 2 is 1.95 bits per heavy atom. The molecule has 2 N–H and O–H groups in total. The number of hydrogen-bond acceptors (Lipinski definition) is 3. The van der Waals surface area contributed by atoms with Crippen molar-refractivity contribution in [2.24, 2.45) is 5.92 Å². The Balaban J connectivity index is 2.59. The number of anilines is 1. The van der Waals surface area contributed by atoms with Crippen molar-refractivity contribution in [1.82, 2.24) is 5.32 Å². The zero-order valence-electron chi connectivity index (χ0n) is 10.8. The molecule has 0 unspecified atom stereocenters. The first kappa shape index (κ1) is 16.2. The molecule has 0 bridgehead atoms. The maximum absolute atomic E-state index is 13.0. The lowest BCUT2D eigenvalue weighted by Crippen LogP contribution is -2.35. The molecule has 0 aliphatic heterocycles. The lowest BCUT2D eigenvalue weighted by molar-refractivity contribution is -0.144. The van der Waals surface area contributed by atoms with E-state index in [9.17, 15) is 18.4 Å². The topological polar surface area (TPSA) is 67.4 Å². The summed E-state index contributed by atoms with van der Waals surface area (Å²) in [5.74, 6) is -3.25. The first-order valence-electron chi connectivity index (χ1n) is 5.62. The number of methoxy groups -OCH3 is 1. The fourth-order valence-corrected chi connectivity index (χ4v) is 1.51. The van der Waals surface area contributed by atoms with Gasteiger partial charge in [-0.05, 0) is 6.07 Å². The number of esters is 1. The van der Waals surface area contributed by atoms with Gasteiger partial charge in [0, 0.05) is 12.6 Å². The van der Waals surface area contributed by atoms with Gasteiger partial charge in [-0.25, -0.2) is 13.6 Å². The summed E-state index contributed by atoms with van der Waals surface area (Å²) < 4.78 is 30.3. The molecule has 5 nitrogen and oxygen atoms in total. The highest BCUT2D eigenvalue weighted by atomic mass is 35.5. The predicted molar refractivity (Wildman–Crippen MR) is 69.6 cm³/mol. The zero-order valence-corrected chi connectivity index (χ0v) is 11.6. The maximum atomic E-state index is 13.0. The van der Waals surface area contributed by atoms with Gasteiger partial charge in [-0.15, -0.1) is 0 Å². The second-order valence-corrected chi connectivity index (χ2v) is 4.41. The molecule has 0 heterocycles. The summed E-state index contributed by atoms with van der Waals surface area (Å²) in [4.78, 5) is 22.6. The molecule has 0 saturated heterocycles. The van der Waals surface area contributed by atoms with Crippen LogP contribution in [0, 0.1) is 17.6 Å². The Bertz CT molecular complexity index is 526. The van der Waals surface area contributed by atoms with Crippen LogP contribution in [0.25, 0.3) is 0 Å². The number of carbonyl (C=O) groups is 2. The molecule has 1 aromatic rings. The van der Waals surface area contributed by atoms with Gasteiger partial charge < -0.3 is 15.4 Å². The van der Waals surface area contributed by atoms with Crippen molar-refractivity contribution in [3.63, 3.8) is 0 Å². The first-order valence-corrected chi connectivity index (χ1v) is 6.00. The molecule has 0 aromatic heterocycles. The van der Waals surface area contributed by atoms with E-state index in [1.54, 1.807) is 6.92 Å². The van der Waals surface area contributed by atoms with E-state index >= 15 is 0 Å². The van der Waals surface area contributed by atoms with Gasteiger partial charge in [-0.1, -0.05) is 18.5 Å². The number of nitrogens with one attached hydrogen (secondary N) is 2. The zero-order chi connectivity index (χ0) is 15.3. The normalized spacial score (nSPS) is 11.7. The van der Waals surface area contributed by atoms with Gasteiger partial charge in [0.05, 0.1) is 23.7 Å². The number of rotatable bonds is 4. The maximum Gasteiger partial charge on any atom is 0.319 e. The number of urea groups is 1. The lowest BCUT2D eigenvalue weighted by atomic mass is 10.2. The first-order chi connectivity index (χ1) is 9.35. The second-order valence-electron chi connectivity index (χ2n) is 4.01. The van der Waals surface area contributed by atoms with Crippen LogP contribution in [-0.2, 0) is 9.53 Å². The molecule has 1 aromatic carbocycles. The Morgan fingerprint density at radius 3 is 2.55 bits per heavy atom. The van der Waals surface area contributed by atoms with Gasteiger partial charge in [0.15, 0.2) is 11.6 Å². The van der Waals surface area contributed by atoms with Crippen LogP contribution in [0.5, 0.6) is 0 Å². The molecular weight excluding hydrogens is 294 g/mol. The number of benzene rings is 1. The molecule has 0 aliphatic carbocycles. The smallest absolute Gasteiger partial charge is 0.319 e. The second kappa shape index (κ2) is 7.04. The summed E-state index contributed by atoms with van der Waals surface area (Å²) in [5.41, 5.74) is -0.0752. The van der Waals surface area contributed by atoms with Crippen molar-refractivity contribution < 1.29 is 23.1 Å².